The zero-order valence-electron chi connectivity index (χ0n) is 11.1. The van der Waals surface area contributed by atoms with Crippen molar-refractivity contribution in [2.45, 2.75) is 13.5 Å². The van der Waals surface area contributed by atoms with Crippen LogP contribution in [0.3, 0.4) is 0 Å². The van der Waals surface area contributed by atoms with Crippen LogP contribution in [0.5, 0.6) is 5.75 Å². The third-order valence-corrected chi connectivity index (χ3v) is 2.80. The first-order valence-electron chi connectivity index (χ1n) is 6.18. The molecule has 6 nitrogen and oxygen atoms in total. The average molecular weight is 274 g/mol. The van der Waals surface area contributed by atoms with E-state index in [2.05, 4.69) is 4.98 Å². The molecule has 0 aliphatic rings. The Morgan fingerprint density at radius 2 is 2.00 bits per heavy atom. The van der Waals surface area contributed by atoms with E-state index in [9.17, 15) is 4.79 Å². The van der Waals surface area contributed by atoms with E-state index in [0.717, 1.165) is 0 Å². The van der Waals surface area contributed by atoms with Crippen LogP contribution in [-0.4, -0.2) is 33.3 Å². The highest BCUT2D eigenvalue weighted by Gasteiger charge is 2.09. The second-order valence-electron chi connectivity index (χ2n) is 4.35. The lowest BCUT2D eigenvalue weighted by atomic mass is 9.80. The van der Waals surface area contributed by atoms with Gasteiger partial charge in [0.25, 0.3) is 5.56 Å². The van der Waals surface area contributed by atoms with Gasteiger partial charge in [0.2, 0.25) is 0 Å². The van der Waals surface area contributed by atoms with Crippen molar-refractivity contribution < 1.29 is 14.8 Å². The summed E-state index contributed by atoms with van der Waals surface area (Å²) >= 11 is 0. The quantitative estimate of drug-likeness (QED) is 0.705. The van der Waals surface area contributed by atoms with E-state index in [0.29, 0.717) is 30.1 Å². The number of benzene rings is 1. The molecule has 0 spiro atoms. The molecule has 1 heterocycles. The van der Waals surface area contributed by atoms with Gasteiger partial charge in [0.1, 0.15) is 12.4 Å². The third-order valence-electron chi connectivity index (χ3n) is 2.80. The van der Waals surface area contributed by atoms with E-state index in [1.807, 2.05) is 0 Å². The average Bonchev–Trinajstić information content (AvgIpc) is 2.42. The van der Waals surface area contributed by atoms with Crippen LogP contribution in [0.25, 0.3) is 0 Å². The maximum Gasteiger partial charge on any atom is 0.488 e. The molecule has 0 aliphatic carbocycles. The summed E-state index contributed by atoms with van der Waals surface area (Å²) in [4.78, 5) is 15.7. The molecular formula is C13H15BN2O4. The van der Waals surface area contributed by atoms with Crippen molar-refractivity contribution in [1.29, 1.82) is 0 Å². The summed E-state index contributed by atoms with van der Waals surface area (Å²) in [5, 5.41) is 17.9. The van der Waals surface area contributed by atoms with Gasteiger partial charge in [0.05, 0.1) is 12.9 Å². The van der Waals surface area contributed by atoms with Crippen LogP contribution in [0.2, 0.25) is 0 Å². The van der Waals surface area contributed by atoms with E-state index in [-0.39, 0.29) is 5.56 Å². The maximum absolute atomic E-state index is 11.6. The lowest BCUT2D eigenvalue weighted by Gasteiger charge is -2.08. The van der Waals surface area contributed by atoms with Crippen LogP contribution >= 0.6 is 0 Å². The molecule has 0 atom stereocenters. The molecule has 0 fully saturated rings. The fourth-order valence-corrected chi connectivity index (χ4v) is 1.68. The zero-order valence-corrected chi connectivity index (χ0v) is 11.1. The van der Waals surface area contributed by atoms with Gasteiger partial charge in [0, 0.05) is 11.8 Å². The van der Waals surface area contributed by atoms with Crippen molar-refractivity contribution in [1.82, 2.24) is 9.55 Å². The van der Waals surface area contributed by atoms with Crippen LogP contribution in [0.4, 0.5) is 0 Å². The van der Waals surface area contributed by atoms with Gasteiger partial charge in [-0.1, -0.05) is 12.1 Å². The molecule has 0 saturated heterocycles. The Hall–Kier alpha value is -2.12. The van der Waals surface area contributed by atoms with Crippen molar-refractivity contribution in [2.75, 3.05) is 6.61 Å². The fraction of sp³-hybridized carbons (Fsp3) is 0.231. The number of ether oxygens (including phenoxy) is 1. The minimum atomic E-state index is -1.48. The summed E-state index contributed by atoms with van der Waals surface area (Å²) < 4.78 is 6.95. The van der Waals surface area contributed by atoms with Gasteiger partial charge in [0.15, 0.2) is 0 Å². The number of hydrogen-bond acceptors (Lipinski definition) is 5. The Morgan fingerprint density at radius 3 is 2.60 bits per heavy atom. The molecule has 7 heteroatoms. The maximum atomic E-state index is 11.6. The molecule has 0 saturated carbocycles. The highest BCUT2D eigenvalue weighted by atomic mass is 16.5. The van der Waals surface area contributed by atoms with Crippen LogP contribution in [0.15, 0.2) is 41.5 Å². The van der Waals surface area contributed by atoms with Gasteiger partial charge in [-0.15, -0.1) is 0 Å². The standard InChI is InChI=1S/C13H15BN2O4/c1-10-8-13(17)16(9-15-10)6-7-20-12-4-2-11(3-5-12)14(18)19/h2-5,8-9,18-19H,6-7H2,1H3. The van der Waals surface area contributed by atoms with E-state index in [1.165, 1.54) is 17.0 Å². The molecule has 104 valence electrons. The zero-order chi connectivity index (χ0) is 14.5. The summed E-state index contributed by atoms with van der Waals surface area (Å²) in [5.41, 5.74) is 0.974. The lowest BCUT2D eigenvalue weighted by Crippen LogP contribution is -2.29. The Labute approximate surface area is 116 Å². The second-order valence-corrected chi connectivity index (χ2v) is 4.35. The highest BCUT2D eigenvalue weighted by Crippen LogP contribution is 2.07. The van der Waals surface area contributed by atoms with Crippen LogP contribution in [0, 0.1) is 6.92 Å². The van der Waals surface area contributed by atoms with Crippen LogP contribution in [0.1, 0.15) is 5.69 Å². The van der Waals surface area contributed by atoms with Crippen LogP contribution < -0.4 is 15.8 Å². The summed E-state index contributed by atoms with van der Waals surface area (Å²) in [6.45, 7) is 2.49. The third kappa shape index (κ3) is 3.69. The topological polar surface area (TPSA) is 84.6 Å². The summed E-state index contributed by atoms with van der Waals surface area (Å²) in [7, 11) is -1.48. The molecule has 2 rings (SSSR count). The molecule has 1 aromatic heterocycles. The Morgan fingerprint density at radius 1 is 1.30 bits per heavy atom. The molecule has 0 bridgehead atoms. The first-order chi connectivity index (χ1) is 9.56. The number of aromatic nitrogens is 2. The first-order valence-corrected chi connectivity index (χ1v) is 6.18. The predicted octanol–water partition coefficient (Wildman–Crippen LogP) is -0.689. The van der Waals surface area contributed by atoms with Crippen molar-refractivity contribution in [2.24, 2.45) is 0 Å². The second kappa shape index (κ2) is 6.36. The number of aryl methyl sites for hydroxylation is 1. The number of rotatable bonds is 5. The van der Waals surface area contributed by atoms with Crippen molar-refractivity contribution in [3.8, 4) is 5.75 Å². The molecule has 2 N–H and O–H groups in total. The molecule has 0 aliphatic heterocycles. The fourth-order valence-electron chi connectivity index (χ4n) is 1.68. The largest absolute Gasteiger partial charge is 0.492 e. The van der Waals surface area contributed by atoms with Gasteiger partial charge < -0.3 is 14.8 Å². The van der Waals surface area contributed by atoms with Gasteiger partial charge in [-0.2, -0.15) is 0 Å². The summed E-state index contributed by atoms with van der Waals surface area (Å²) in [5.74, 6) is 0.600. The number of nitrogens with zero attached hydrogens (tertiary/aromatic N) is 2. The molecule has 0 radical (unpaired) electrons. The normalized spacial score (nSPS) is 10.3. The predicted molar refractivity (Wildman–Crippen MR) is 75.0 cm³/mol. The molecule has 0 amide bonds. The van der Waals surface area contributed by atoms with Gasteiger partial charge in [-0.3, -0.25) is 9.36 Å². The van der Waals surface area contributed by atoms with Crippen LogP contribution in [-0.2, 0) is 6.54 Å². The van der Waals surface area contributed by atoms with Crippen molar-refractivity contribution in [3.63, 3.8) is 0 Å². The smallest absolute Gasteiger partial charge is 0.488 e. The minimum Gasteiger partial charge on any atom is -0.492 e. The molecule has 1 aromatic carbocycles. The van der Waals surface area contributed by atoms with E-state index in [4.69, 9.17) is 14.8 Å². The Bertz CT molecular complexity index is 625. The summed E-state index contributed by atoms with van der Waals surface area (Å²) in [6.07, 6.45) is 1.49. The monoisotopic (exact) mass is 274 g/mol. The first kappa shape index (κ1) is 14.3. The minimum absolute atomic E-state index is 0.111. The summed E-state index contributed by atoms with van der Waals surface area (Å²) in [6, 6.07) is 7.90. The SMILES string of the molecule is Cc1cc(=O)n(CCOc2ccc(B(O)O)cc2)cn1. The lowest BCUT2D eigenvalue weighted by molar-refractivity contribution is 0.295. The van der Waals surface area contributed by atoms with Gasteiger partial charge in [-0.25, -0.2) is 4.98 Å². The van der Waals surface area contributed by atoms with Gasteiger partial charge >= 0.3 is 7.12 Å². The molecule has 2 aromatic rings. The van der Waals surface area contributed by atoms with E-state index >= 15 is 0 Å². The van der Waals surface area contributed by atoms with Gasteiger partial charge in [-0.05, 0) is 24.5 Å². The number of hydrogen-bond donors (Lipinski definition) is 2. The molecule has 0 unspecified atom stereocenters. The van der Waals surface area contributed by atoms with Crippen molar-refractivity contribution in [3.05, 3.63) is 52.7 Å². The Balaban J connectivity index is 1.91. The molecular weight excluding hydrogens is 259 g/mol. The Kier molecular flexibility index (Phi) is 4.55. The molecule has 20 heavy (non-hydrogen) atoms. The van der Waals surface area contributed by atoms with E-state index in [1.54, 1.807) is 31.2 Å². The highest BCUT2D eigenvalue weighted by molar-refractivity contribution is 6.58. The van der Waals surface area contributed by atoms with E-state index < -0.39 is 7.12 Å². The van der Waals surface area contributed by atoms with Crippen molar-refractivity contribution >= 4 is 12.6 Å².